The van der Waals surface area contributed by atoms with Crippen molar-refractivity contribution in [1.82, 2.24) is 24.2 Å². The van der Waals surface area contributed by atoms with Gasteiger partial charge in [0.05, 0.1) is 19.9 Å². The Morgan fingerprint density at radius 1 is 1.19 bits per heavy atom. The summed E-state index contributed by atoms with van der Waals surface area (Å²) in [6.07, 6.45) is 4.27. The van der Waals surface area contributed by atoms with Crippen LogP contribution in [0.1, 0.15) is 19.3 Å². The minimum atomic E-state index is -2.89. The number of pyridine rings is 2. The topological polar surface area (TPSA) is 85.3 Å². The van der Waals surface area contributed by atoms with Crippen LogP contribution in [0.15, 0.2) is 36.7 Å². The van der Waals surface area contributed by atoms with Crippen molar-refractivity contribution < 1.29 is 18.3 Å². The molecule has 5 rings (SSSR count). The zero-order chi connectivity index (χ0) is 22.1. The number of aromatic nitrogens is 4. The number of likely N-dealkylation sites (tertiary alicyclic amines) is 1. The third kappa shape index (κ3) is 4.49. The lowest BCUT2D eigenvalue weighted by Gasteiger charge is -2.38. The Kier molecular flexibility index (Phi) is 5.60. The zero-order valence-corrected chi connectivity index (χ0v) is 18.2. The lowest BCUT2D eigenvalue weighted by Crippen LogP contribution is -2.54. The Bertz CT molecular complexity index is 1080. The van der Waals surface area contributed by atoms with E-state index in [9.17, 15) is 8.78 Å². The number of rotatable bonds is 7. The van der Waals surface area contributed by atoms with E-state index in [-0.39, 0.29) is 6.54 Å². The van der Waals surface area contributed by atoms with Crippen molar-refractivity contribution in [3.63, 3.8) is 0 Å². The molecule has 2 aliphatic rings. The number of halogens is 2. The van der Waals surface area contributed by atoms with Crippen LogP contribution >= 0.6 is 11.5 Å². The lowest BCUT2D eigenvalue weighted by atomic mass is 10.0. The van der Waals surface area contributed by atoms with Crippen molar-refractivity contribution in [2.45, 2.75) is 37.3 Å². The van der Waals surface area contributed by atoms with E-state index in [1.54, 1.807) is 37.6 Å². The average Bonchev–Trinajstić information content (AvgIpc) is 3.55. The molecule has 32 heavy (non-hydrogen) atoms. The zero-order valence-electron chi connectivity index (χ0n) is 17.4. The third-order valence-electron chi connectivity index (χ3n) is 5.51. The minimum Gasteiger partial charge on any atom is -0.493 e. The molecular formula is C21H22F2N6O2S. The first-order chi connectivity index (χ1) is 15.5. The quantitative estimate of drug-likeness (QED) is 0.566. The molecule has 1 aliphatic heterocycles. The number of nitrogens with zero attached hydrogens (tertiary/aromatic N) is 5. The Balaban J connectivity index is 1.23. The number of hydrogen-bond donors (Lipinski definition) is 1. The summed E-state index contributed by atoms with van der Waals surface area (Å²) in [6, 6.07) is 7.18. The van der Waals surface area contributed by atoms with E-state index in [0.29, 0.717) is 53.0 Å². The number of hydrogen-bond acceptors (Lipinski definition) is 9. The summed E-state index contributed by atoms with van der Waals surface area (Å²) in [6.45, 7) is 0.392. The summed E-state index contributed by atoms with van der Waals surface area (Å²) in [5, 5.41) is 3.60. The van der Waals surface area contributed by atoms with E-state index in [4.69, 9.17) is 9.47 Å². The second-order valence-corrected chi connectivity index (χ2v) is 8.59. The van der Waals surface area contributed by atoms with Crippen molar-refractivity contribution >= 4 is 22.5 Å². The van der Waals surface area contributed by atoms with Crippen LogP contribution in [-0.4, -0.2) is 62.5 Å². The monoisotopic (exact) mass is 460 g/mol. The van der Waals surface area contributed by atoms with Crippen molar-refractivity contribution in [3.8, 4) is 23.0 Å². The molecule has 4 heterocycles. The summed E-state index contributed by atoms with van der Waals surface area (Å²) in [4.78, 5) is 14.8. The molecule has 1 saturated heterocycles. The van der Waals surface area contributed by atoms with Crippen LogP contribution < -0.4 is 14.8 Å². The van der Waals surface area contributed by atoms with Gasteiger partial charge in [0.1, 0.15) is 11.4 Å². The first-order valence-corrected chi connectivity index (χ1v) is 11.1. The molecule has 8 nitrogen and oxygen atoms in total. The van der Waals surface area contributed by atoms with Gasteiger partial charge in [0.15, 0.2) is 23.5 Å². The van der Waals surface area contributed by atoms with Crippen LogP contribution in [0.5, 0.6) is 11.5 Å². The Morgan fingerprint density at radius 2 is 2.06 bits per heavy atom. The molecule has 0 amide bonds. The SMILES string of the molecule is COc1cccnc1Nc1nc(-c2ccc(OC3CCN(C4CC4)CC3(F)F)cn2)ns1. The van der Waals surface area contributed by atoms with Gasteiger partial charge in [0.2, 0.25) is 5.13 Å². The molecule has 1 saturated carbocycles. The van der Waals surface area contributed by atoms with Gasteiger partial charge < -0.3 is 14.8 Å². The first-order valence-electron chi connectivity index (χ1n) is 10.4. The molecule has 11 heteroatoms. The predicted octanol–water partition coefficient (Wildman–Crippen LogP) is 4.00. The van der Waals surface area contributed by atoms with E-state index < -0.39 is 12.0 Å². The maximum atomic E-state index is 14.5. The summed E-state index contributed by atoms with van der Waals surface area (Å²) >= 11 is 1.16. The lowest BCUT2D eigenvalue weighted by molar-refractivity contribution is -0.141. The smallest absolute Gasteiger partial charge is 0.296 e. The number of anilines is 2. The first kappa shape index (κ1) is 21.0. The van der Waals surface area contributed by atoms with Crippen LogP contribution in [0.3, 0.4) is 0 Å². The summed E-state index contributed by atoms with van der Waals surface area (Å²) < 4.78 is 44.3. The molecule has 168 valence electrons. The molecule has 3 aromatic rings. The molecule has 0 spiro atoms. The number of nitrogens with one attached hydrogen (secondary N) is 1. The molecule has 3 aromatic heterocycles. The van der Waals surface area contributed by atoms with Gasteiger partial charge in [0, 0.05) is 36.7 Å². The largest absolute Gasteiger partial charge is 0.493 e. The number of methoxy groups -OCH3 is 1. The molecule has 1 atom stereocenters. The number of alkyl halides is 2. The average molecular weight is 461 g/mol. The van der Waals surface area contributed by atoms with Gasteiger partial charge in [-0.15, -0.1) is 0 Å². The van der Waals surface area contributed by atoms with Crippen molar-refractivity contribution in [1.29, 1.82) is 0 Å². The second-order valence-electron chi connectivity index (χ2n) is 7.84. The van der Waals surface area contributed by atoms with Gasteiger partial charge in [-0.3, -0.25) is 4.90 Å². The highest BCUT2D eigenvalue weighted by Crippen LogP contribution is 2.37. The molecule has 0 aromatic carbocycles. The van der Waals surface area contributed by atoms with Gasteiger partial charge in [-0.05, 0) is 37.1 Å². The normalized spacial score (nSPS) is 20.7. The fourth-order valence-corrected chi connectivity index (χ4v) is 4.29. The highest BCUT2D eigenvalue weighted by molar-refractivity contribution is 7.09. The van der Waals surface area contributed by atoms with Crippen molar-refractivity contribution in [2.75, 3.05) is 25.5 Å². The van der Waals surface area contributed by atoms with E-state index in [0.717, 1.165) is 24.4 Å². The van der Waals surface area contributed by atoms with Crippen LogP contribution in [0.2, 0.25) is 0 Å². The summed E-state index contributed by atoms with van der Waals surface area (Å²) in [5.74, 6) is -1.04. The summed E-state index contributed by atoms with van der Waals surface area (Å²) in [7, 11) is 1.56. The third-order valence-corrected chi connectivity index (χ3v) is 6.14. The van der Waals surface area contributed by atoms with Crippen LogP contribution in [0, 0.1) is 0 Å². The Hall–Kier alpha value is -2.92. The maximum absolute atomic E-state index is 14.5. The molecule has 1 unspecified atom stereocenters. The van der Waals surface area contributed by atoms with E-state index in [1.165, 1.54) is 6.20 Å². The highest BCUT2D eigenvalue weighted by Gasteiger charge is 2.49. The van der Waals surface area contributed by atoms with Crippen LogP contribution in [0.4, 0.5) is 19.7 Å². The summed E-state index contributed by atoms with van der Waals surface area (Å²) in [5.41, 5.74) is 0.518. The number of piperidine rings is 1. The Morgan fingerprint density at radius 3 is 2.78 bits per heavy atom. The molecule has 2 fully saturated rings. The molecule has 0 radical (unpaired) electrons. The molecule has 1 N–H and O–H groups in total. The van der Waals surface area contributed by atoms with E-state index >= 15 is 0 Å². The minimum absolute atomic E-state index is 0.243. The highest BCUT2D eigenvalue weighted by atomic mass is 32.1. The van der Waals surface area contributed by atoms with Crippen molar-refractivity contribution in [2.24, 2.45) is 0 Å². The fraction of sp³-hybridized carbons (Fsp3) is 0.429. The van der Waals surface area contributed by atoms with Crippen LogP contribution in [0.25, 0.3) is 11.5 Å². The molecule has 0 bridgehead atoms. The number of ether oxygens (including phenoxy) is 2. The van der Waals surface area contributed by atoms with Gasteiger partial charge in [0.25, 0.3) is 5.92 Å². The fourth-order valence-electron chi connectivity index (χ4n) is 3.72. The van der Waals surface area contributed by atoms with Crippen LogP contribution in [-0.2, 0) is 0 Å². The van der Waals surface area contributed by atoms with Gasteiger partial charge in [-0.2, -0.15) is 9.36 Å². The molecule has 1 aliphatic carbocycles. The van der Waals surface area contributed by atoms with Crippen molar-refractivity contribution in [3.05, 3.63) is 36.7 Å². The van der Waals surface area contributed by atoms with Gasteiger partial charge in [-0.1, -0.05) is 0 Å². The molecular weight excluding hydrogens is 438 g/mol. The standard InChI is InChI=1S/C21H22F2N6O2S/c1-30-16-3-2-9-24-19(16)27-20-26-18(28-32-20)15-7-6-14(11-25-15)31-17-8-10-29(13-4-5-13)12-21(17,22)23/h2-3,6-7,9,11,13,17H,4-5,8,10,12H2,1H3,(H,24,26,27,28). The Labute approximate surface area is 187 Å². The van der Waals surface area contributed by atoms with Gasteiger partial charge in [-0.25, -0.2) is 18.7 Å². The van der Waals surface area contributed by atoms with E-state index in [2.05, 4.69) is 24.6 Å². The van der Waals surface area contributed by atoms with E-state index in [1.807, 2.05) is 4.90 Å². The van der Waals surface area contributed by atoms with Gasteiger partial charge >= 0.3 is 0 Å². The predicted molar refractivity (Wildman–Crippen MR) is 116 cm³/mol. The second kappa shape index (κ2) is 8.55. The maximum Gasteiger partial charge on any atom is 0.296 e.